The minimum absolute atomic E-state index is 0.0495. The summed E-state index contributed by atoms with van der Waals surface area (Å²) in [5, 5.41) is 5.67. The molecule has 0 aliphatic carbocycles. The van der Waals surface area contributed by atoms with E-state index in [9.17, 15) is 14.0 Å². The molecule has 0 atom stereocenters. The second kappa shape index (κ2) is 10.2. The zero-order chi connectivity index (χ0) is 21.3. The molecule has 0 heterocycles. The number of hydrogen-bond acceptors (Lipinski definition) is 3. The van der Waals surface area contributed by atoms with Gasteiger partial charge >= 0.3 is 0 Å². The van der Waals surface area contributed by atoms with Crippen LogP contribution in [0.3, 0.4) is 0 Å². The number of methoxy groups -OCH3 is 1. The molecule has 3 aromatic rings. The Morgan fingerprint density at radius 2 is 1.67 bits per heavy atom. The lowest BCUT2D eigenvalue weighted by Crippen LogP contribution is -2.23. The number of rotatable bonds is 8. The Hall–Kier alpha value is -3.67. The molecule has 154 valence electrons. The van der Waals surface area contributed by atoms with Crippen molar-refractivity contribution in [2.75, 3.05) is 12.4 Å². The number of anilines is 1. The zero-order valence-corrected chi connectivity index (χ0v) is 16.7. The number of carbonyl (C=O) groups excluding carboxylic acids is 2. The zero-order valence-electron chi connectivity index (χ0n) is 16.7. The molecule has 0 spiro atoms. The first-order valence-corrected chi connectivity index (χ1v) is 9.59. The fourth-order valence-corrected chi connectivity index (χ4v) is 2.90. The van der Waals surface area contributed by atoms with Crippen LogP contribution in [0.25, 0.3) is 0 Å². The summed E-state index contributed by atoms with van der Waals surface area (Å²) in [6.45, 7) is 0.363. The fraction of sp³-hybridized carbons (Fsp3) is 0.167. The van der Waals surface area contributed by atoms with E-state index < -0.39 is 5.82 Å². The number of amides is 2. The lowest BCUT2D eigenvalue weighted by atomic mass is 10.1. The van der Waals surface area contributed by atoms with Gasteiger partial charge in [0, 0.05) is 24.2 Å². The van der Waals surface area contributed by atoms with Crippen molar-refractivity contribution in [3.8, 4) is 5.75 Å². The maximum absolute atomic E-state index is 13.0. The number of nitrogens with one attached hydrogen (secondary N) is 2. The number of carbonyl (C=O) groups is 2. The Bertz CT molecular complexity index is 1000. The molecule has 2 N–H and O–H groups in total. The van der Waals surface area contributed by atoms with Crippen LogP contribution >= 0.6 is 0 Å². The smallest absolute Gasteiger partial charge is 0.255 e. The highest BCUT2D eigenvalue weighted by molar-refractivity contribution is 6.04. The SMILES string of the molecule is COc1ccc(CCC(=O)NCc2cccc(NC(=O)c3ccc(F)cc3)c2)cc1. The van der Waals surface area contributed by atoms with E-state index in [1.807, 2.05) is 30.3 Å². The highest BCUT2D eigenvalue weighted by atomic mass is 19.1. The number of halogens is 1. The van der Waals surface area contributed by atoms with Gasteiger partial charge in [-0.2, -0.15) is 0 Å². The summed E-state index contributed by atoms with van der Waals surface area (Å²) in [4.78, 5) is 24.4. The van der Waals surface area contributed by atoms with Crippen molar-refractivity contribution in [1.82, 2.24) is 5.32 Å². The summed E-state index contributed by atoms with van der Waals surface area (Å²) in [6, 6.07) is 20.2. The van der Waals surface area contributed by atoms with Crippen LogP contribution in [-0.2, 0) is 17.8 Å². The predicted molar refractivity (Wildman–Crippen MR) is 114 cm³/mol. The normalized spacial score (nSPS) is 10.3. The highest BCUT2D eigenvalue weighted by Gasteiger charge is 2.07. The molecule has 3 aromatic carbocycles. The third-order valence-electron chi connectivity index (χ3n) is 4.58. The van der Waals surface area contributed by atoms with Gasteiger partial charge < -0.3 is 15.4 Å². The molecule has 0 saturated heterocycles. The van der Waals surface area contributed by atoms with E-state index in [-0.39, 0.29) is 11.8 Å². The van der Waals surface area contributed by atoms with Crippen LogP contribution in [0.5, 0.6) is 5.75 Å². The molecule has 0 bridgehead atoms. The van der Waals surface area contributed by atoms with Crippen molar-refractivity contribution in [2.45, 2.75) is 19.4 Å². The molecule has 0 saturated carbocycles. The average molecular weight is 406 g/mol. The van der Waals surface area contributed by atoms with Crippen molar-refractivity contribution in [3.05, 3.63) is 95.3 Å². The first-order valence-electron chi connectivity index (χ1n) is 9.59. The maximum Gasteiger partial charge on any atom is 0.255 e. The van der Waals surface area contributed by atoms with Gasteiger partial charge in [-0.3, -0.25) is 9.59 Å². The van der Waals surface area contributed by atoms with E-state index in [1.54, 1.807) is 25.3 Å². The van der Waals surface area contributed by atoms with E-state index >= 15 is 0 Å². The Morgan fingerprint density at radius 1 is 0.933 bits per heavy atom. The molecule has 0 aliphatic heterocycles. The molecule has 0 fully saturated rings. The molecule has 3 rings (SSSR count). The van der Waals surface area contributed by atoms with Crippen molar-refractivity contribution in [3.63, 3.8) is 0 Å². The fourth-order valence-electron chi connectivity index (χ4n) is 2.90. The van der Waals surface area contributed by atoms with Crippen LogP contribution < -0.4 is 15.4 Å². The summed E-state index contributed by atoms with van der Waals surface area (Å²) in [7, 11) is 1.62. The molecule has 6 heteroatoms. The molecule has 0 aliphatic rings. The standard InChI is InChI=1S/C24H23FN2O3/c1-30-22-12-5-17(6-13-22)7-14-23(28)26-16-18-3-2-4-21(15-18)27-24(29)19-8-10-20(25)11-9-19/h2-6,8-13,15H,7,14,16H2,1H3,(H,26,28)(H,27,29). The largest absolute Gasteiger partial charge is 0.497 e. The van der Waals surface area contributed by atoms with Crippen LogP contribution in [0.4, 0.5) is 10.1 Å². The van der Waals surface area contributed by atoms with Crippen LogP contribution in [-0.4, -0.2) is 18.9 Å². The number of ether oxygens (including phenoxy) is 1. The van der Waals surface area contributed by atoms with Gasteiger partial charge in [0.1, 0.15) is 11.6 Å². The predicted octanol–water partition coefficient (Wildman–Crippen LogP) is 4.34. The lowest BCUT2D eigenvalue weighted by molar-refractivity contribution is -0.121. The van der Waals surface area contributed by atoms with Gasteiger partial charge in [0.25, 0.3) is 5.91 Å². The van der Waals surface area contributed by atoms with E-state index in [1.165, 1.54) is 24.3 Å². The number of hydrogen-bond donors (Lipinski definition) is 2. The summed E-state index contributed by atoms with van der Waals surface area (Å²) in [5.74, 6) is 0.0214. The Labute approximate surface area is 174 Å². The third-order valence-corrected chi connectivity index (χ3v) is 4.58. The molecule has 0 radical (unpaired) electrons. The van der Waals surface area contributed by atoms with Crippen LogP contribution in [0.15, 0.2) is 72.8 Å². The minimum atomic E-state index is -0.392. The summed E-state index contributed by atoms with van der Waals surface area (Å²) < 4.78 is 18.1. The van der Waals surface area contributed by atoms with Crippen LogP contribution in [0.2, 0.25) is 0 Å². The van der Waals surface area contributed by atoms with E-state index in [2.05, 4.69) is 10.6 Å². The molecule has 2 amide bonds. The molecular weight excluding hydrogens is 383 g/mol. The van der Waals surface area contributed by atoms with E-state index in [0.717, 1.165) is 16.9 Å². The van der Waals surface area contributed by atoms with Gasteiger partial charge in [-0.25, -0.2) is 4.39 Å². The van der Waals surface area contributed by atoms with Crippen LogP contribution in [0, 0.1) is 5.82 Å². The first kappa shape index (κ1) is 21.0. The van der Waals surface area contributed by atoms with Gasteiger partial charge in [-0.15, -0.1) is 0 Å². The summed E-state index contributed by atoms with van der Waals surface area (Å²) in [5.41, 5.74) is 2.91. The van der Waals surface area contributed by atoms with E-state index in [4.69, 9.17) is 4.74 Å². The number of benzene rings is 3. The minimum Gasteiger partial charge on any atom is -0.497 e. The van der Waals surface area contributed by atoms with Gasteiger partial charge in [0.05, 0.1) is 7.11 Å². The molecule has 30 heavy (non-hydrogen) atoms. The molecule has 0 aromatic heterocycles. The second-order valence-corrected chi connectivity index (χ2v) is 6.79. The van der Waals surface area contributed by atoms with E-state index in [0.29, 0.717) is 30.6 Å². The van der Waals surface area contributed by atoms with Crippen molar-refractivity contribution in [1.29, 1.82) is 0 Å². The van der Waals surface area contributed by atoms with Gasteiger partial charge in [-0.1, -0.05) is 24.3 Å². The summed E-state index contributed by atoms with van der Waals surface area (Å²) >= 11 is 0. The Balaban J connectivity index is 1.48. The van der Waals surface area contributed by atoms with Crippen molar-refractivity contribution < 1.29 is 18.7 Å². The third kappa shape index (κ3) is 6.17. The first-order chi connectivity index (χ1) is 14.5. The maximum atomic E-state index is 13.0. The van der Waals surface area contributed by atoms with Gasteiger partial charge in [0.15, 0.2) is 0 Å². The van der Waals surface area contributed by atoms with Gasteiger partial charge in [0.2, 0.25) is 5.91 Å². The number of aryl methyl sites for hydroxylation is 1. The quantitative estimate of drug-likeness (QED) is 0.585. The van der Waals surface area contributed by atoms with Gasteiger partial charge in [-0.05, 0) is 66.1 Å². The Kier molecular flexibility index (Phi) is 7.16. The van der Waals surface area contributed by atoms with Crippen molar-refractivity contribution in [2.24, 2.45) is 0 Å². The molecule has 0 unspecified atom stereocenters. The van der Waals surface area contributed by atoms with Crippen molar-refractivity contribution >= 4 is 17.5 Å². The highest BCUT2D eigenvalue weighted by Crippen LogP contribution is 2.14. The van der Waals surface area contributed by atoms with Crippen LogP contribution in [0.1, 0.15) is 27.9 Å². The molecular formula is C24H23FN2O3. The Morgan fingerprint density at radius 3 is 2.37 bits per heavy atom. The lowest BCUT2D eigenvalue weighted by Gasteiger charge is -2.09. The second-order valence-electron chi connectivity index (χ2n) is 6.79. The molecule has 5 nitrogen and oxygen atoms in total. The topological polar surface area (TPSA) is 67.4 Å². The average Bonchev–Trinajstić information content (AvgIpc) is 2.77. The summed E-state index contributed by atoms with van der Waals surface area (Å²) in [6.07, 6.45) is 1.02. The monoisotopic (exact) mass is 406 g/mol.